The quantitative estimate of drug-likeness (QED) is 0.499. The van der Waals surface area contributed by atoms with Gasteiger partial charge in [0.15, 0.2) is 0 Å². The molecule has 2 aromatic carbocycles. The van der Waals surface area contributed by atoms with Crippen molar-refractivity contribution >= 4 is 29.7 Å². The van der Waals surface area contributed by atoms with Crippen LogP contribution < -0.4 is 20.5 Å². The zero-order valence-electron chi connectivity index (χ0n) is 15.3. The fraction of sp³-hybridized carbons (Fsp3) is 0.350. The maximum atomic E-state index is 12.0. The number of halogens is 1. The van der Waals surface area contributed by atoms with E-state index < -0.39 is 0 Å². The van der Waals surface area contributed by atoms with Crippen molar-refractivity contribution < 1.29 is 14.3 Å². The Morgan fingerprint density at radius 2 is 1.62 bits per heavy atom. The molecule has 0 heterocycles. The first kappa shape index (κ1) is 21.6. The second-order valence-corrected chi connectivity index (χ2v) is 5.91. The molecule has 2 rings (SSSR count). The summed E-state index contributed by atoms with van der Waals surface area (Å²) in [5, 5.41) is 2.85. The summed E-state index contributed by atoms with van der Waals surface area (Å²) >= 11 is 0. The lowest BCUT2D eigenvalue weighted by molar-refractivity contribution is -0.116. The minimum atomic E-state index is -0.0237. The Morgan fingerprint density at radius 3 is 2.27 bits per heavy atom. The van der Waals surface area contributed by atoms with E-state index in [1.807, 2.05) is 12.1 Å². The number of nitrogens with two attached hydrogens (primary N) is 1. The maximum absolute atomic E-state index is 12.0. The van der Waals surface area contributed by atoms with Crippen LogP contribution in [0.2, 0.25) is 0 Å². The van der Waals surface area contributed by atoms with Gasteiger partial charge >= 0.3 is 0 Å². The number of carbonyl (C=O) groups excluding carboxylic acids is 1. The van der Waals surface area contributed by atoms with Crippen LogP contribution in [0.3, 0.4) is 0 Å². The smallest absolute Gasteiger partial charge is 0.224 e. The number of anilines is 2. The Labute approximate surface area is 161 Å². The Morgan fingerprint density at radius 1 is 0.962 bits per heavy atom. The van der Waals surface area contributed by atoms with E-state index in [0.29, 0.717) is 23.5 Å². The summed E-state index contributed by atoms with van der Waals surface area (Å²) in [6, 6.07) is 13.3. The molecule has 142 valence electrons. The summed E-state index contributed by atoms with van der Waals surface area (Å²) in [4.78, 5) is 12.0. The highest BCUT2D eigenvalue weighted by Gasteiger charge is 2.06. The van der Waals surface area contributed by atoms with Crippen LogP contribution >= 0.6 is 12.4 Å². The van der Waals surface area contributed by atoms with Gasteiger partial charge in [0.1, 0.15) is 11.5 Å². The third kappa shape index (κ3) is 6.84. The zero-order valence-corrected chi connectivity index (χ0v) is 16.1. The number of rotatable bonds is 9. The van der Waals surface area contributed by atoms with Crippen molar-refractivity contribution in [2.75, 3.05) is 25.3 Å². The summed E-state index contributed by atoms with van der Waals surface area (Å²) in [5.74, 6) is 1.52. The van der Waals surface area contributed by atoms with Gasteiger partial charge in [-0.05, 0) is 49.1 Å². The molecule has 0 aliphatic heterocycles. The van der Waals surface area contributed by atoms with Crippen LogP contribution in [-0.4, -0.2) is 20.1 Å². The van der Waals surface area contributed by atoms with Gasteiger partial charge in [0.25, 0.3) is 0 Å². The van der Waals surface area contributed by atoms with E-state index in [2.05, 4.69) is 17.4 Å². The predicted molar refractivity (Wildman–Crippen MR) is 108 cm³/mol. The van der Waals surface area contributed by atoms with Gasteiger partial charge in [0.2, 0.25) is 5.91 Å². The van der Waals surface area contributed by atoms with E-state index in [1.54, 1.807) is 32.4 Å². The number of ether oxygens (including phenoxy) is 2. The average Bonchev–Trinajstić information content (AvgIpc) is 2.63. The molecule has 0 aliphatic carbocycles. The van der Waals surface area contributed by atoms with Crippen LogP contribution in [0.25, 0.3) is 0 Å². The van der Waals surface area contributed by atoms with Gasteiger partial charge in [-0.25, -0.2) is 0 Å². The van der Waals surface area contributed by atoms with E-state index in [4.69, 9.17) is 15.2 Å². The number of hydrogen-bond acceptors (Lipinski definition) is 4. The average molecular weight is 379 g/mol. The largest absolute Gasteiger partial charge is 0.497 e. The van der Waals surface area contributed by atoms with Crippen LogP contribution in [0.15, 0.2) is 42.5 Å². The monoisotopic (exact) mass is 378 g/mol. The summed E-state index contributed by atoms with van der Waals surface area (Å²) in [6.07, 6.45) is 4.41. The Bertz CT molecular complexity index is 690. The van der Waals surface area contributed by atoms with Crippen LogP contribution in [0.5, 0.6) is 11.5 Å². The lowest BCUT2D eigenvalue weighted by Crippen LogP contribution is -2.12. The van der Waals surface area contributed by atoms with Gasteiger partial charge in [-0.3, -0.25) is 4.79 Å². The normalized spacial score (nSPS) is 9.92. The van der Waals surface area contributed by atoms with Crippen molar-refractivity contribution in [3.05, 3.63) is 48.0 Å². The molecule has 0 aliphatic rings. The second kappa shape index (κ2) is 11.3. The van der Waals surface area contributed by atoms with E-state index in [0.717, 1.165) is 31.4 Å². The number of nitrogen functional groups attached to an aromatic ring is 1. The molecule has 0 bridgehead atoms. The summed E-state index contributed by atoms with van der Waals surface area (Å²) in [6.45, 7) is 0. The van der Waals surface area contributed by atoms with Gasteiger partial charge in [-0.2, -0.15) is 0 Å². The van der Waals surface area contributed by atoms with Crippen LogP contribution in [0.1, 0.15) is 31.2 Å². The minimum absolute atomic E-state index is 0. The summed E-state index contributed by atoms with van der Waals surface area (Å²) in [7, 11) is 3.25. The second-order valence-electron chi connectivity index (χ2n) is 5.91. The van der Waals surface area contributed by atoms with Crippen LogP contribution in [0.4, 0.5) is 11.4 Å². The molecule has 6 heteroatoms. The fourth-order valence-corrected chi connectivity index (χ4v) is 2.57. The highest BCUT2D eigenvalue weighted by molar-refractivity contribution is 5.94. The summed E-state index contributed by atoms with van der Waals surface area (Å²) in [5.41, 5.74) is 8.30. The molecule has 2 aromatic rings. The molecular formula is C20H27ClN2O3. The van der Waals surface area contributed by atoms with Gasteiger partial charge in [-0.1, -0.05) is 18.6 Å². The van der Waals surface area contributed by atoms with Crippen molar-refractivity contribution in [3.8, 4) is 11.5 Å². The van der Waals surface area contributed by atoms with E-state index in [-0.39, 0.29) is 18.3 Å². The predicted octanol–water partition coefficient (Wildman–Crippen LogP) is 4.45. The van der Waals surface area contributed by atoms with Gasteiger partial charge < -0.3 is 20.5 Å². The highest BCUT2D eigenvalue weighted by Crippen LogP contribution is 2.24. The lowest BCUT2D eigenvalue weighted by atomic mass is 10.1. The Hall–Kier alpha value is -2.40. The number of hydrogen-bond donors (Lipinski definition) is 2. The maximum Gasteiger partial charge on any atom is 0.224 e. The molecule has 0 unspecified atom stereocenters. The van der Waals surface area contributed by atoms with E-state index in [1.165, 1.54) is 5.56 Å². The van der Waals surface area contributed by atoms with Crippen LogP contribution in [0, 0.1) is 0 Å². The van der Waals surface area contributed by atoms with Gasteiger partial charge in [0.05, 0.1) is 25.6 Å². The minimum Gasteiger partial charge on any atom is -0.497 e. The molecule has 26 heavy (non-hydrogen) atoms. The molecule has 0 aromatic heterocycles. The van der Waals surface area contributed by atoms with Crippen molar-refractivity contribution in [3.63, 3.8) is 0 Å². The van der Waals surface area contributed by atoms with E-state index in [9.17, 15) is 4.79 Å². The molecule has 1 amide bonds. The number of benzene rings is 2. The number of aryl methyl sites for hydroxylation is 1. The van der Waals surface area contributed by atoms with Crippen molar-refractivity contribution in [2.24, 2.45) is 0 Å². The zero-order chi connectivity index (χ0) is 18.1. The van der Waals surface area contributed by atoms with Crippen molar-refractivity contribution in [1.29, 1.82) is 0 Å². The van der Waals surface area contributed by atoms with Gasteiger partial charge in [0, 0.05) is 12.5 Å². The molecule has 0 radical (unpaired) electrons. The first-order valence-electron chi connectivity index (χ1n) is 8.48. The van der Waals surface area contributed by atoms with Crippen molar-refractivity contribution in [2.45, 2.75) is 32.1 Å². The molecule has 0 atom stereocenters. The van der Waals surface area contributed by atoms with Gasteiger partial charge in [-0.15, -0.1) is 12.4 Å². The Balaban J connectivity index is 0.00000338. The van der Waals surface area contributed by atoms with E-state index >= 15 is 0 Å². The SMILES string of the molecule is COc1ccc(CCCCCC(=O)Nc2cc(OC)ccc2N)cc1.Cl. The standard InChI is InChI=1S/C20H26N2O3.ClH/c1-24-16-10-8-15(9-11-16)6-4-3-5-7-20(23)22-19-14-17(25-2)12-13-18(19)21;/h8-14H,3-7,21H2,1-2H3,(H,22,23);1H. The summed E-state index contributed by atoms with van der Waals surface area (Å²) < 4.78 is 10.3. The first-order chi connectivity index (χ1) is 12.1. The lowest BCUT2D eigenvalue weighted by Gasteiger charge is -2.10. The molecular weight excluding hydrogens is 352 g/mol. The molecule has 0 saturated heterocycles. The van der Waals surface area contributed by atoms with Crippen molar-refractivity contribution in [1.82, 2.24) is 0 Å². The van der Waals surface area contributed by atoms with Crippen LogP contribution in [-0.2, 0) is 11.2 Å². The molecule has 5 nitrogen and oxygen atoms in total. The highest BCUT2D eigenvalue weighted by atomic mass is 35.5. The first-order valence-corrected chi connectivity index (χ1v) is 8.48. The number of methoxy groups -OCH3 is 2. The molecule has 0 saturated carbocycles. The topological polar surface area (TPSA) is 73.6 Å². The number of amides is 1. The third-order valence-electron chi connectivity index (χ3n) is 4.06. The fourth-order valence-electron chi connectivity index (χ4n) is 2.57. The third-order valence-corrected chi connectivity index (χ3v) is 4.06. The molecule has 0 spiro atoms. The molecule has 0 fully saturated rings. The number of unbranched alkanes of at least 4 members (excludes halogenated alkanes) is 2. The Kier molecular flexibility index (Phi) is 9.37. The number of nitrogens with one attached hydrogen (secondary N) is 1. The molecule has 3 N–H and O–H groups in total. The number of carbonyl (C=O) groups is 1.